The maximum Gasteiger partial charge on any atom is 0.417 e. The topological polar surface area (TPSA) is 24.9 Å². The van der Waals surface area contributed by atoms with Crippen molar-refractivity contribution in [1.82, 2.24) is 4.98 Å². The van der Waals surface area contributed by atoms with E-state index in [4.69, 9.17) is 11.6 Å². The molecule has 2 rings (SSSR count). The number of anilines is 1. The molecule has 8 heteroatoms. The Morgan fingerprint density at radius 1 is 1.35 bits per heavy atom. The molecule has 0 aliphatic rings. The SMILES string of the molecule is FC(F)(F)c1cnc(NCCc2ccc(Br)s2)c(Cl)c1. The van der Waals surface area contributed by atoms with Gasteiger partial charge in [-0.2, -0.15) is 13.2 Å². The number of nitrogens with zero attached hydrogens (tertiary/aromatic N) is 1. The van der Waals surface area contributed by atoms with Gasteiger partial charge in [0.15, 0.2) is 0 Å². The van der Waals surface area contributed by atoms with E-state index < -0.39 is 11.7 Å². The van der Waals surface area contributed by atoms with Gasteiger partial charge in [0.1, 0.15) is 5.82 Å². The largest absolute Gasteiger partial charge is 0.417 e. The van der Waals surface area contributed by atoms with Crippen LogP contribution in [0, 0.1) is 0 Å². The molecule has 20 heavy (non-hydrogen) atoms. The molecule has 0 aliphatic carbocycles. The molecule has 2 nitrogen and oxygen atoms in total. The van der Waals surface area contributed by atoms with Crippen LogP contribution in [-0.4, -0.2) is 11.5 Å². The molecule has 0 bridgehead atoms. The van der Waals surface area contributed by atoms with Gasteiger partial charge in [-0.3, -0.25) is 0 Å². The van der Waals surface area contributed by atoms with E-state index in [1.165, 1.54) is 0 Å². The van der Waals surface area contributed by atoms with Crippen LogP contribution in [0.15, 0.2) is 28.2 Å². The first-order valence-corrected chi connectivity index (χ1v) is 7.56. The molecule has 0 unspecified atom stereocenters. The number of aromatic nitrogens is 1. The number of alkyl halides is 3. The van der Waals surface area contributed by atoms with Crippen molar-refractivity contribution < 1.29 is 13.2 Å². The lowest BCUT2D eigenvalue weighted by Crippen LogP contribution is -2.09. The number of rotatable bonds is 4. The third-order valence-electron chi connectivity index (χ3n) is 2.46. The molecule has 0 aliphatic heterocycles. The van der Waals surface area contributed by atoms with Crippen LogP contribution in [0.4, 0.5) is 19.0 Å². The molecule has 0 saturated heterocycles. The molecule has 0 fully saturated rings. The van der Waals surface area contributed by atoms with E-state index in [-0.39, 0.29) is 10.8 Å². The maximum atomic E-state index is 12.5. The fourth-order valence-corrected chi connectivity index (χ4v) is 3.23. The van der Waals surface area contributed by atoms with Crippen molar-refractivity contribution in [3.05, 3.63) is 43.6 Å². The van der Waals surface area contributed by atoms with Crippen LogP contribution in [-0.2, 0) is 12.6 Å². The van der Waals surface area contributed by atoms with Crippen molar-refractivity contribution in [3.8, 4) is 0 Å². The molecule has 2 aromatic heterocycles. The molecular weight excluding hydrogens is 377 g/mol. The highest BCUT2D eigenvalue weighted by atomic mass is 79.9. The molecule has 0 spiro atoms. The van der Waals surface area contributed by atoms with Gasteiger partial charge in [0, 0.05) is 17.6 Å². The van der Waals surface area contributed by atoms with Crippen molar-refractivity contribution in [2.24, 2.45) is 0 Å². The molecule has 108 valence electrons. The van der Waals surface area contributed by atoms with E-state index in [9.17, 15) is 13.2 Å². The summed E-state index contributed by atoms with van der Waals surface area (Å²) in [5.41, 5.74) is -0.852. The van der Waals surface area contributed by atoms with Crippen LogP contribution >= 0.6 is 38.9 Å². The number of hydrogen-bond donors (Lipinski definition) is 1. The van der Waals surface area contributed by atoms with E-state index in [1.54, 1.807) is 11.3 Å². The van der Waals surface area contributed by atoms with E-state index >= 15 is 0 Å². The zero-order valence-electron chi connectivity index (χ0n) is 9.97. The normalized spacial score (nSPS) is 11.7. The van der Waals surface area contributed by atoms with Crippen molar-refractivity contribution in [2.75, 3.05) is 11.9 Å². The average molecular weight is 386 g/mol. The van der Waals surface area contributed by atoms with E-state index in [2.05, 4.69) is 26.2 Å². The Kier molecular flexibility index (Phi) is 4.93. The van der Waals surface area contributed by atoms with Crippen LogP contribution in [0.3, 0.4) is 0 Å². The Hall–Kier alpha value is -0.790. The lowest BCUT2D eigenvalue weighted by Gasteiger charge is -2.10. The summed E-state index contributed by atoms with van der Waals surface area (Å²) >= 11 is 10.8. The lowest BCUT2D eigenvalue weighted by molar-refractivity contribution is -0.137. The van der Waals surface area contributed by atoms with Gasteiger partial charge in [0.2, 0.25) is 0 Å². The minimum Gasteiger partial charge on any atom is -0.368 e. The summed E-state index contributed by atoms with van der Waals surface area (Å²) in [6.45, 7) is 0.547. The molecule has 0 radical (unpaired) electrons. The second-order valence-corrected chi connectivity index (χ2v) is 6.89. The Morgan fingerprint density at radius 3 is 2.65 bits per heavy atom. The molecular formula is C12H9BrClF3N2S. The Morgan fingerprint density at radius 2 is 2.10 bits per heavy atom. The number of halogens is 5. The highest BCUT2D eigenvalue weighted by Gasteiger charge is 2.31. The Bertz CT molecular complexity index is 601. The summed E-state index contributed by atoms with van der Waals surface area (Å²) in [6, 6.07) is 4.81. The average Bonchev–Trinajstić information content (AvgIpc) is 2.76. The van der Waals surface area contributed by atoms with Crippen molar-refractivity contribution in [1.29, 1.82) is 0 Å². The van der Waals surface area contributed by atoms with Gasteiger partial charge in [0.05, 0.1) is 14.4 Å². The van der Waals surface area contributed by atoms with Gasteiger partial charge in [-0.05, 0) is 40.5 Å². The summed E-state index contributed by atoms with van der Waals surface area (Å²) in [5, 5.41) is 2.90. The predicted octanol–water partition coefficient (Wildman–Crippen LogP) is 5.23. The number of pyridine rings is 1. The van der Waals surface area contributed by atoms with Crippen LogP contribution in [0.25, 0.3) is 0 Å². The van der Waals surface area contributed by atoms with Crippen molar-refractivity contribution in [3.63, 3.8) is 0 Å². The van der Waals surface area contributed by atoms with Gasteiger partial charge < -0.3 is 5.32 Å². The number of hydrogen-bond acceptors (Lipinski definition) is 3. The fourth-order valence-electron chi connectivity index (χ4n) is 1.51. The highest BCUT2D eigenvalue weighted by molar-refractivity contribution is 9.11. The van der Waals surface area contributed by atoms with Crippen molar-refractivity contribution >= 4 is 44.7 Å². The van der Waals surface area contributed by atoms with E-state index in [1.807, 2.05) is 12.1 Å². The van der Waals surface area contributed by atoms with Crippen LogP contribution in [0.1, 0.15) is 10.4 Å². The summed E-state index contributed by atoms with van der Waals surface area (Å²) in [5.74, 6) is 0.260. The van der Waals surface area contributed by atoms with Crippen LogP contribution < -0.4 is 5.32 Å². The molecule has 1 N–H and O–H groups in total. The van der Waals surface area contributed by atoms with Gasteiger partial charge in [-0.15, -0.1) is 11.3 Å². The van der Waals surface area contributed by atoms with Gasteiger partial charge >= 0.3 is 6.18 Å². The van der Waals surface area contributed by atoms with E-state index in [0.29, 0.717) is 6.54 Å². The smallest absolute Gasteiger partial charge is 0.368 e. The summed E-state index contributed by atoms with van der Waals surface area (Å²) < 4.78 is 38.4. The second kappa shape index (κ2) is 6.32. The summed E-state index contributed by atoms with van der Waals surface area (Å²) in [7, 11) is 0. The van der Waals surface area contributed by atoms with Crippen LogP contribution in [0.2, 0.25) is 5.02 Å². The van der Waals surface area contributed by atoms with Crippen LogP contribution in [0.5, 0.6) is 0 Å². The first kappa shape index (κ1) is 15.6. The maximum absolute atomic E-state index is 12.5. The Labute approximate surface area is 131 Å². The van der Waals surface area contributed by atoms with Gasteiger partial charge in [-0.25, -0.2) is 4.98 Å². The molecule has 0 saturated carbocycles. The standard InChI is InChI=1S/C12H9BrClF3N2S/c13-10-2-1-8(20-10)3-4-18-11-9(14)5-7(6-19-11)12(15,16)17/h1-2,5-6H,3-4H2,(H,18,19). The second-order valence-electron chi connectivity index (χ2n) is 3.93. The lowest BCUT2D eigenvalue weighted by atomic mass is 10.2. The quantitative estimate of drug-likeness (QED) is 0.779. The zero-order chi connectivity index (χ0) is 14.8. The minimum atomic E-state index is -4.43. The van der Waals surface area contributed by atoms with Gasteiger partial charge in [0.25, 0.3) is 0 Å². The number of nitrogens with one attached hydrogen (secondary N) is 1. The monoisotopic (exact) mass is 384 g/mol. The predicted molar refractivity (Wildman–Crippen MR) is 78.5 cm³/mol. The molecule has 0 atom stereocenters. The first-order valence-electron chi connectivity index (χ1n) is 5.57. The zero-order valence-corrected chi connectivity index (χ0v) is 13.1. The fraction of sp³-hybridized carbons (Fsp3) is 0.250. The molecule has 2 heterocycles. The minimum absolute atomic E-state index is 0.0350. The molecule has 0 aromatic carbocycles. The summed E-state index contributed by atoms with van der Waals surface area (Å²) in [4.78, 5) is 4.87. The van der Waals surface area contributed by atoms with Crippen molar-refractivity contribution in [2.45, 2.75) is 12.6 Å². The number of thiophene rings is 1. The van der Waals surface area contributed by atoms with Gasteiger partial charge in [-0.1, -0.05) is 11.6 Å². The third kappa shape index (κ3) is 4.10. The van der Waals surface area contributed by atoms with E-state index in [0.717, 1.165) is 27.3 Å². The molecule has 2 aromatic rings. The Balaban J connectivity index is 1.96. The summed E-state index contributed by atoms with van der Waals surface area (Å²) in [6.07, 6.45) is -2.91. The highest BCUT2D eigenvalue weighted by Crippen LogP contribution is 2.32. The first-order chi connectivity index (χ1) is 9.36. The third-order valence-corrected chi connectivity index (χ3v) is 4.43. The molecule has 0 amide bonds.